The van der Waals surface area contributed by atoms with E-state index < -0.39 is 70.0 Å². The molecule has 5 aromatic rings. The zero-order chi connectivity index (χ0) is 46.5. The molecule has 14 nitrogen and oxygen atoms in total. The van der Waals surface area contributed by atoms with Crippen LogP contribution >= 0.6 is 0 Å². The Morgan fingerprint density at radius 1 is 0.790 bits per heavy atom. The quantitative estimate of drug-likeness (QED) is 0.0376. The van der Waals surface area contributed by atoms with E-state index in [4.69, 9.17) is 22.5 Å². The van der Waals surface area contributed by atoms with Gasteiger partial charge in [0.15, 0.2) is 5.60 Å². The average Bonchev–Trinajstić information content (AvgIpc) is 3.67. The number of aromatic nitrogens is 3. The minimum absolute atomic E-state index is 0.242. The minimum atomic E-state index is -4.79. The number of alkyl halides is 6. The highest BCUT2D eigenvalue weighted by Crippen LogP contribution is 2.35. The molecule has 0 spiro atoms. The van der Waals surface area contributed by atoms with Crippen LogP contribution in [-0.4, -0.2) is 54.8 Å². The molecule has 0 aliphatic rings. The van der Waals surface area contributed by atoms with Crippen LogP contribution in [0.2, 0.25) is 0 Å². The van der Waals surface area contributed by atoms with Crippen molar-refractivity contribution in [3.63, 3.8) is 0 Å². The lowest BCUT2D eigenvalue weighted by Crippen LogP contribution is -2.44. The lowest BCUT2D eigenvalue weighted by atomic mass is 10.0. The van der Waals surface area contributed by atoms with Gasteiger partial charge in [-0.2, -0.15) is 36.9 Å². The molecular formula is C40H30F8N10O4. The third-order valence-corrected chi connectivity index (χ3v) is 8.05. The maximum Gasteiger partial charge on any atom is 0.417 e. The number of nitriles is 2. The van der Waals surface area contributed by atoms with Crippen LogP contribution in [-0.2, 0) is 28.5 Å². The van der Waals surface area contributed by atoms with Gasteiger partial charge in [0.05, 0.1) is 59.4 Å². The summed E-state index contributed by atoms with van der Waals surface area (Å²) < 4.78 is 104. The fraction of sp³-hybridized carbons (Fsp3) is 0.200. The SMILES string of the molecule is C#Cc1ccc(F)cc1.C[C@](O)(CN=[N+]=[N-])C(=O)Nc1ccc(C#N)c(C(F)(F)F)c1.C[C@](O)(Cn1nncc1-c1ccc(F)cc1)C(=O)Nc1ccc(C#N)c(C(F)(F)F)c1. The van der Waals surface area contributed by atoms with Crippen molar-refractivity contribution in [2.75, 3.05) is 17.2 Å². The van der Waals surface area contributed by atoms with Crippen molar-refractivity contribution in [3.8, 4) is 35.7 Å². The van der Waals surface area contributed by atoms with Gasteiger partial charge in [-0.05, 0) is 104 Å². The molecule has 0 aliphatic heterocycles. The van der Waals surface area contributed by atoms with Crippen molar-refractivity contribution >= 4 is 23.2 Å². The van der Waals surface area contributed by atoms with Crippen LogP contribution < -0.4 is 10.6 Å². The number of carbonyl (C=O) groups excluding carboxylic acids is 2. The highest BCUT2D eigenvalue weighted by Gasteiger charge is 2.37. The van der Waals surface area contributed by atoms with E-state index in [2.05, 4.69) is 36.9 Å². The van der Waals surface area contributed by atoms with E-state index >= 15 is 0 Å². The van der Waals surface area contributed by atoms with Crippen molar-refractivity contribution in [1.29, 1.82) is 10.5 Å². The lowest BCUT2D eigenvalue weighted by molar-refractivity contribution is -0.138. The van der Waals surface area contributed by atoms with Crippen molar-refractivity contribution in [3.05, 3.63) is 141 Å². The molecule has 0 unspecified atom stereocenters. The summed E-state index contributed by atoms with van der Waals surface area (Å²) in [5, 5.41) is 52.7. The van der Waals surface area contributed by atoms with Crippen LogP contribution in [0.4, 0.5) is 46.5 Å². The smallest absolute Gasteiger partial charge is 0.380 e. The maximum absolute atomic E-state index is 13.1. The van der Waals surface area contributed by atoms with E-state index in [1.54, 1.807) is 12.1 Å². The molecule has 62 heavy (non-hydrogen) atoms. The van der Waals surface area contributed by atoms with Gasteiger partial charge in [-0.3, -0.25) is 9.59 Å². The predicted octanol–water partition coefficient (Wildman–Crippen LogP) is 7.75. The number of rotatable bonds is 9. The van der Waals surface area contributed by atoms with Crippen molar-refractivity contribution < 1.29 is 54.9 Å². The van der Waals surface area contributed by atoms with Crippen LogP contribution in [0.3, 0.4) is 0 Å². The molecule has 0 bridgehead atoms. The summed E-state index contributed by atoms with van der Waals surface area (Å²) >= 11 is 0. The number of azide groups is 1. The zero-order valence-corrected chi connectivity index (χ0v) is 32.0. The number of terminal acetylenes is 1. The van der Waals surface area contributed by atoms with Gasteiger partial charge in [0.25, 0.3) is 11.8 Å². The molecule has 0 saturated carbocycles. The summed E-state index contributed by atoms with van der Waals surface area (Å²) in [4.78, 5) is 26.7. The fourth-order valence-electron chi connectivity index (χ4n) is 4.81. The minimum Gasteiger partial charge on any atom is -0.380 e. The molecule has 4 N–H and O–H groups in total. The molecule has 1 aromatic heterocycles. The number of anilines is 2. The number of halogens is 8. The molecule has 1 heterocycles. The lowest BCUT2D eigenvalue weighted by Gasteiger charge is -2.23. The molecule has 0 fully saturated rings. The summed E-state index contributed by atoms with van der Waals surface area (Å²) in [5.41, 5.74) is 1.51. The number of amides is 2. The summed E-state index contributed by atoms with van der Waals surface area (Å²) in [5.74, 6) is -0.356. The predicted molar refractivity (Wildman–Crippen MR) is 205 cm³/mol. The highest BCUT2D eigenvalue weighted by molar-refractivity contribution is 5.97. The van der Waals surface area contributed by atoms with Crippen LogP contribution in [0, 0.1) is 46.6 Å². The van der Waals surface area contributed by atoms with Gasteiger partial charge < -0.3 is 20.8 Å². The Balaban J connectivity index is 0.000000285. The normalized spacial score (nSPS) is 12.7. The Bertz CT molecular complexity index is 2560. The largest absolute Gasteiger partial charge is 0.417 e. The molecular weight excluding hydrogens is 836 g/mol. The molecule has 2 atom stereocenters. The second kappa shape index (κ2) is 20.4. The van der Waals surface area contributed by atoms with Crippen molar-refractivity contribution in [2.24, 2.45) is 5.11 Å². The monoisotopic (exact) mass is 866 g/mol. The van der Waals surface area contributed by atoms with Gasteiger partial charge >= 0.3 is 12.4 Å². The highest BCUT2D eigenvalue weighted by atomic mass is 19.4. The Kier molecular flexibility index (Phi) is 16.0. The third-order valence-electron chi connectivity index (χ3n) is 8.05. The van der Waals surface area contributed by atoms with E-state index in [1.807, 2.05) is 0 Å². The first-order valence-corrected chi connectivity index (χ1v) is 17.1. The average molecular weight is 867 g/mol. The summed E-state index contributed by atoms with van der Waals surface area (Å²) in [6, 6.07) is 19.3. The van der Waals surface area contributed by atoms with Crippen molar-refractivity contribution in [1.82, 2.24) is 15.0 Å². The number of hydrogen-bond donors (Lipinski definition) is 4. The van der Waals surface area contributed by atoms with E-state index in [9.17, 15) is 54.9 Å². The van der Waals surface area contributed by atoms with E-state index in [0.29, 0.717) is 29.0 Å². The van der Waals surface area contributed by atoms with E-state index in [1.165, 1.54) is 59.4 Å². The summed E-state index contributed by atoms with van der Waals surface area (Å²) in [7, 11) is 0. The van der Waals surface area contributed by atoms with Crippen LogP contribution in [0.1, 0.15) is 41.7 Å². The second-order valence-corrected chi connectivity index (χ2v) is 13.0. The Morgan fingerprint density at radius 2 is 1.24 bits per heavy atom. The fourth-order valence-corrected chi connectivity index (χ4v) is 4.81. The molecule has 2 amide bonds. The summed E-state index contributed by atoms with van der Waals surface area (Å²) in [6.07, 6.45) is -3.17. The maximum atomic E-state index is 13.1. The Labute approximate surface area is 346 Å². The van der Waals surface area contributed by atoms with Gasteiger partial charge in [-0.25, -0.2) is 13.5 Å². The Hall–Kier alpha value is -7.83. The van der Waals surface area contributed by atoms with Gasteiger partial charge in [-0.15, -0.1) is 11.5 Å². The zero-order valence-electron chi connectivity index (χ0n) is 32.0. The molecule has 320 valence electrons. The van der Waals surface area contributed by atoms with E-state index in [0.717, 1.165) is 38.1 Å². The number of benzene rings is 4. The number of hydrogen-bond acceptors (Lipinski definition) is 9. The van der Waals surface area contributed by atoms with Crippen LogP contribution in [0.5, 0.6) is 0 Å². The van der Waals surface area contributed by atoms with Gasteiger partial charge in [0, 0.05) is 27.4 Å². The van der Waals surface area contributed by atoms with Crippen LogP contribution in [0.15, 0.2) is 96.2 Å². The third kappa shape index (κ3) is 13.6. The van der Waals surface area contributed by atoms with Gasteiger partial charge in [0.2, 0.25) is 0 Å². The number of nitrogens with one attached hydrogen (secondary N) is 2. The molecule has 4 aromatic carbocycles. The first kappa shape index (κ1) is 48.5. The van der Waals surface area contributed by atoms with E-state index in [-0.39, 0.29) is 23.7 Å². The van der Waals surface area contributed by atoms with Crippen LogP contribution in [0.25, 0.3) is 21.7 Å². The van der Waals surface area contributed by atoms with Gasteiger partial charge in [-0.1, -0.05) is 16.2 Å². The number of carbonyl (C=O) groups is 2. The first-order valence-electron chi connectivity index (χ1n) is 17.1. The molecule has 0 radical (unpaired) electrons. The Morgan fingerprint density at radius 3 is 1.66 bits per heavy atom. The summed E-state index contributed by atoms with van der Waals surface area (Å²) in [6.45, 7) is 1.24. The standard InChI is InChI=1S/C20H15F4N5O2.C12H10F3N5O2.C8H5F/c1-19(31,11-29-17(10-26-28-29)12-2-5-14(21)6-3-12)18(30)27-15-7-4-13(9-25)16(8-15)20(22,23)24;1-11(22,6-18-20-17)10(21)19-8-3-2-7(5-16)9(4-8)12(13,14)15;1-2-7-3-5-8(9)6-4-7/h2-8,10,31H,11H2,1H3,(H,27,30);2-4,22H,6H2,1H3,(H,19,21);1,3-6H/t19-;11-;/m00./s1. The second-order valence-electron chi connectivity index (χ2n) is 13.0. The molecule has 0 saturated heterocycles. The number of aliphatic hydroxyl groups is 2. The topological polar surface area (TPSA) is 226 Å². The molecule has 0 aliphatic carbocycles. The molecule has 22 heteroatoms. The van der Waals surface area contributed by atoms with Crippen molar-refractivity contribution in [2.45, 2.75) is 43.9 Å². The molecule has 5 rings (SSSR count). The first-order chi connectivity index (χ1) is 28.9. The van der Waals surface area contributed by atoms with Gasteiger partial charge in [0.1, 0.15) is 17.2 Å². The number of nitrogens with zero attached hydrogens (tertiary/aromatic N) is 8.